The molecule has 52 heavy (non-hydrogen) atoms. The van der Waals surface area contributed by atoms with Gasteiger partial charge in [-0.1, -0.05) is 109 Å². The fourth-order valence-electron chi connectivity index (χ4n) is 5.60. The maximum absolute atomic E-state index is 13.9. The highest BCUT2D eigenvalue weighted by Gasteiger charge is 2.28. The zero-order valence-electron chi connectivity index (χ0n) is 28.6. The smallest absolute Gasteiger partial charge is 0.241 e. The summed E-state index contributed by atoms with van der Waals surface area (Å²) in [6.07, 6.45) is 2.42. The van der Waals surface area contributed by atoms with E-state index in [4.69, 9.17) is 0 Å². The molecule has 10 nitrogen and oxygen atoms in total. The molecule has 5 rings (SSSR count). The number of carbonyl (C=O) groups is 1. The number of hydrogen-bond acceptors (Lipinski definition) is 7. The van der Waals surface area contributed by atoms with Gasteiger partial charge in [0.15, 0.2) is 9.84 Å². The second kappa shape index (κ2) is 17.2. The highest BCUT2D eigenvalue weighted by Crippen LogP contribution is 2.23. The van der Waals surface area contributed by atoms with Crippen molar-refractivity contribution in [1.29, 1.82) is 0 Å². The summed E-state index contributed by atoms with van der Waals surface area (Å²) >= 11 is 0. The number of unbranched alkanes of at least 4 members (excludes halogenated alkanes) is 1. The third-order valence-electron chi connectivity index (χ3n) is 8.39. The van der Waals surface area contributed by atoms with Crippen molar-refractivity contribution in [2.24, 2.45) is 0 Å². The van der Waals surface area contributed by atoms with E-state index in [1.807, 2.05) is 31.2 Å². The van der Waals surface area contributed by atoms with Crippen LogP contribution < -0.4 is 14.8 Å². The second-order valence-electron chi connectivity index (χ2n) is 12.3. The lowest BCUT2D eigenvalue weighted by Gasteiger charge is -2.22. The molecule has 0 heterocycles. The van der Waals surface area contributed by atoms with E-state index in [0.29, 0.717) is 23.8 Å². The Morgan fingerprint density at radius 3 is 2.02 bits per heavy atom. The van der Waals surface area contributed by atoms with Gasteiger partial charge in [-0.2, -0.15) is 4.72 Å². The molecule has 272 valence electrons. The summed E-state index contributed by atoms with van der Waals surface area (Å²) in [5.74, 6) is -0.650. The number of fused-ring (bicyclic) bond motifs is 1. The molecule has 0 saturated carbocycles. The molecule has 0 aliphatic heterocycles. The molecule has 1 amide bonds. The lowest BCUT2D eigenvalue weighted by molar-refractivity contribution is -0.123. The standard InChI is InChI=1S/C39H41N3O7S3/c1-30-22-24-35(25-23-30)51(46,47)42-37(29-31-13-4-2-5-14-31)39(43)41-33(26-28-50(44,45)34-18-6-3-7-19-34)17-10-11-27-40-52(48,49)38-21-12-16-32-15-8-9-20-36(32)38/h2-9,12-16,18-26,28,33,37,40,42H,10-11,17,27,29H2,1H3,(H,41,43)/b28-26+/t33-,37-/m0/s1. The molecule has 0 aliphatic rings. The molecule has 0 unspecified atom stereocenters. The summed E-state index contributed by atoms with van der Waals surface area (Å²) in [6.45, 7) is 1.94. The van der Waals surface area contributed by atoms with Crippen LogP contribution in [0.15, 0.2) is 154 Å². The zero-order chi connectivity index (χ0) is 37.2. The molecular formula is C39H41N3O7S3. The minimum Gasteiger partial charge on any atom is -0.348 e. The number of hydrogen-bond donors (Lipinski definition) is 3. The predicted octanol–water partition coefficient (Wildman–Crippen LogP) is 5.66. The van der Waals surface area contributed by atoms with E-state index in [1.165, 1.54) is 30.3 Å². The SMILES string of the molecule is Cc1ccc(S(=O)(=O)N[C@@H](Cc2ccccc2)C(=O)N[C@H](/C=C/S(=O)(=O)c2ccccc2)CCCCNS(=O)(=O)c2cccc3ccccc23)cc1. The Kier molecular flexibility index (Phi) is 12.8. The van der Waals surface area contributed by atoms with Crippen LogP contribution in [0.4, 0.5) is 0 Å². The number of rotatable bonds is 17. The molecule has 0 fully saturated rings. The zero-order valence-corrected chi connectivity index (χ0v) is 31.0. The van der Waals surface area contributed by atoms with Gasteiger partial charge in [-0.05, 0) is 73.9 Å². The molecule has 3 N–H and O–H groups in total. The van der Waals surface area contributed by atoms with Crippen LogP contribution in [0, 0.1) is 6.92 Å². The molecule has 0 aromatic heterocycles. The fourth-order valence-corrected chi connectivity index (χ4v) is 9.19. The van der Waals surface area contributed by atoms with Crippen LogP contribution in [0.1, 0.15) is 30.4 Å². The highest BCUT2D eigenvalue weighted by molar-refractivity contribution is 7.94. The van der Waals surface area contributed by atoms with E-state index < -0.39 is 47.9 Å². The summed E-state index contributed by atoms with van der Waals surface area (Å²) in [4.78, 5) is 14.1. The normalized spacial score (nSPS) is 13.6. The molecule has 5 aromatic rings. The lowest BCUT2D eigenvalue weighted by atomic mass is 10.0. The molecule has 5 aromatic carbocycles. The van der Waals surface area contributed by atoms with Crippen LogP contribution in [0.2, 0.25) is 0 Å². The van der Waals surface area contributed by atoms with Crippen molar-refractivity contribution in [2.75, 3.05) is 6.54 Å². The van der Waals surface area contributed by atoms with Crippen molar-refractivity contribution in [3.8, 4) is 0 Å². The van der Waals surface area contributed by atoms with E-state index in [2.05, 4.69) is 14.8 Å². The first-order valence-electron chi connectivity index (χ1n) is 16.7. The van der Waals surface area contributed by atoms with Crippen LogP contribution >= 0.6 is 0 Å². The second-order valence-corrected chi connectivity index (χ2v) is 17.6. The fraction of sp³-hybridized carbons (Fsp3) is 0.205. The van der Waals surface area contributed by atoms with Crippen molar-refractivity contribution in [3.05, 3.63) is 150 Å². The summed E-state index contributed by atoms with van der Waals surface area (Å²) in [5.41, 5.74) is 1.59. The summed E-state index contributed by atoms with van der Waals surface area (Å²) in [7, 11) is -11.8. The number of amides is 1. The van der Waals surface area contributed by atoms with Gasteiger partial charge >= 0.3 is 0 Å². The maximum atomic E-state index is 13.9. The Bertz CT molecular complexity index is 2330. The van der Waals surface area contributed by atoms with Gasteiger partial charge < -0.3 is 5.32 Å². The Morgan fingerprint density at radius 2 is 1.31 bits per heavy atom. The number of aryl methyl sites for hydroxylation is 1. The number of carbonyl (C=O) groups excluding carboxylic acids is 1. The molecular weight excluding hydrogens is 719 g/mol. The van der Waals surface area contributed by atoms with Crippen molar-refractivity contribution in [1.82, 2.24) is 14.8 Å². The molecule has 2 atom stereocenters. The van der Waals surface area contributed by atoms with Crippen molar-refractivity contribution < 1.29 is 30.0 Å². The van der Waals surface area contributed by atoms with Gasteiger partial charge in [0.25, 0.3) is 0 Å². The third-order valence-corrected chi connectivity index (χ3v) is 12.8. The van der Waals surface area contributed by atoms with Gasteiger partial charge in [-0.25, -0.2) is 30.0 Å². The predicted molar refractivity (Wildman–Crippen MR) is 203 cm³/mol. The van der Waals surface area contributed by atoms with Gasteiger partial charge in [0, 0.05) is 23.4 Å². The first kappa shape index (κ1) is 38.6. The third kappa shape index (κ3) is 10.5. The van der Waals surface area contributed by atoms with E-state index in [9.17, 15) is 30.0 Å². The number of sulfone groups is 1. The van der Waals surface area contributed by atoms with Gasteiger partial charge in [-0.3, -0.25) is 4.79 Å². The topological polar surface area (TPSA) is 156 Å². The number of sulfonamides is 2. The average molecular weight is 760 g/mol. The van der Waals surface area contributed by atoms with Crippen LogP contribution in [-0.4, -0.2) is 49.8 Å². The van der Waals surface area contributed by atoms with Gasteiger partial charge in [0.2, 0.25) is 26.0 Å². The largest absolute Gasteiger partial charge is 0.348 e. The molecule has 0 spiro atoms. The molecule has 0 radical (unpaired) electrons. The minimum absolute atomic E-state index is 0.000291. The average Bonchev–Trinajstić information content (AvgIpc) is 3.14. The Morgan fingerprint density at radius 1 is 0.673 bits per heavy atom. The van der Waals surface area contributed by atoms with E-state index in [1.54, 1.807) is 78.9 Å². The van der Waals surface area contributed by atoms with E-state index in [-0.39, 0.29) is 34.1 Å². The quantitative estimate of drug-likeness (QED) is 0.103. The Balaban J connectivity index is 1.32. The highest BCUT2D eigenvalue weighted by atomic mass is 32.2. The number of benzene rings is 5. The molecule has 0 aliphatic carbocycles. The van der Waals surface area contributed by atoms with Crippen molar-refractivity contribution in [3.63, 3.8) is 0 Å². The summed E-state index contributed by atoms with van der Waals surface area (Å²) < 4.78 is 84.6. The number of nitrogens with one attached hydrogen (secondary N) is 3. The first-order chi connectivity index (χ1) is 24.8. The van der Waals surface area contributed by atoms with Crippen molar-refractivity contribution in [2.45, 2.75) is 59.4 Å². The molecule has 13 heteroatoms. The van der Waals surface area contributed by atoms with E-state index in [0.717, 1.165) is 16.4 Å². The van der Waals surface area contributed by atoms with Crippen LogP contribution in [0.3, 0.4) is 0 Å². The monoisotopic (exact) mass is 759 g/mol. The summed E-state index contributed by atoms with van der Waals surface area (Å²) in [5, 5.41) is 5.27. The van der Waals surface area contributed by atoms with Gasteiger partial charge in [0.05, 0.1) is 14.7 Å². The van der Waals surface area contributed by atoms with Crippen LogP contribution in [0.5, 0.6) is 0 Å². The molecule has 0 saturated heterocycles. The van der Waals surface area contributed by atoms with Gasteiger partial charge in [-0.15, -0.1) is 0 Å². The minimum atomic E-state index is -4.11. The first-order valence-corrected chi connectivity index (χ1v) is 21.2. The molecule has 0 bridgehead atoms. The van der Waals surface area contributed by atoms with Crippen molar-refractivity contribution >= 4 is 46.6 Å². The van der Waals surface area contributed by atoms with Gasteiger partial charge in [0.1, 0.15) is 6.04 Å². The Labute approximate surface area is 306 Å². The summed E-state index contributed by atoms with van der Waals surface area (Å²) in [6, 6.07) is 33.2. The lowest BCUT2D eigenvalue weighted by Crippen LogP contribution is -2.50. The van der Waals surface area contributed by atoms with Crippen LogP contribution in [-0.2, 0) is 41.1 Å². The van der Waals surface area contributed by atoms with Crippen LogP contribution in [0.25, 0.3) is 10.8 Å². The van der Waals surface area contributed by atoms with E-state index >= 15 is 0 Å². The Hall–Kier alpha value is -4.66. The maximum Gasteiger partial charge on any atom is 0.241 e.